The fourth-order valence-electron chi connectivity index (χ4n) is 2.65. The number of aromatic nitrogens is 3. The van der Waals surface area contributed by atoms with E-state index in [1.807, 2.05) is 24.4 Å². The van der Waals surface area contributed by atoms with E-state index in [-0.39, 0.29) is 5.91 Å². The minimum atomic E-state index is -0.186. The van der Waals surface area contributed by atoms with Gasteiger partial charge < -0.3 is 15.6 Å². The molecule has 2 aromatic heterocycles. The Kier molecular flexibility index (Phi) is 5.28. The zero-order chi connectivity index (χ0) is 17.6. The van der Waals surface area contributed by atoms with Crippen molar-refractivity contribution >= 4 is 22.6 Å². The maximum Gasteiger partial charge on any atom is 0.270 e. The van der Waals surface area contributed by atoms with Crippen LogP contribution in [0.3, 0.4) is 0 Å². The number of anilines is 1. The van der Waals surface area contributed by atoms with Crippen molar-refractivity contribution in [2.45, 2.75) is 32.7 Å². The SMILES string of the molecule is CCC(C)Nc1cc(C(=O)NCCc2c[nH]c3ccccc23)ncn1. The maximum absolute atomic E-state index is 12.3. The van der Waals surface area contributed by atoms with Crippen LogP contribution in [0.4, 0.5) is 5.82 Å². The lowest BCUT2D eigenvalue weighted by molar-refractivity contribution is 0.0949. The number of hydrogen-bond donors (Lipinski definition) is 3. The molecule has 1 aromatic carbocycles. The Bertz CT molecular complexity index is 858. The fourth-order valence-corrected chi connectivity index (χ4v) is 2.65. The van der Waals surface area contributed by atoms with Gasteiger partial charge in [-0.2, -0.15) is 0 Å². The van der Waals surface area contributed by atoms with Crippen molar-refractivity contribution in [2.24, 2.45) is 0 Å². The number of H-pyrrole nitrogens is 1. The van der Waals surface area contributed by atoms with Gasteiger partial charge in [0.15, 0.2) is 0 Å². The molecule has 0 saturated heterocycles. The summed E-state index contributed by atoms with van der Waals surface area (Å²) < 4.78 is 0. The molecule has 0 saturated carbocycles. The number of rotatable bonds is 7. The summed E-state index contributed by atoms with van der Waals surface area (Å²) >= 11 is 0. The van der Waals surface area contributed by atoms with Crippen LogP contribution < -0.4 is 10.6 Å². The van der Waals surface area contributed by atoms with Crippen LogP contribution in [-0.4, -0.2) is 33.4 Å². The molecular formula is C19H23N5O. The Morgan fingerprint density at radius 2 is 2.12 bits per heavy atom. The number of fused-ring (bicyclic) bond motifs is 1. The second-order valence-electron chi connectivity index (χ2n) is 6.11. The molecule has 6 nitrogen and oxygen atoms in total. The monoisotopic (exact) mass is 337 g/mol. The third-order valence-electron chi connectivity index (χ3n) is 4.26. The van der Waals surface area contributed by atoms with Gasteiger partial charge in [0.25, 0.3) is 5.91 Å². The van der Waals surface area contributed by atoms with Gasteiger partial charge in [-0.15, -0.1) is 0 Å². The number of aromatic amines is 1. The summed E-state index contributed by atoms with van der Waals surface area (Å²) in [6.07, 6.45) is 5.16. The van der Waals surface area contributed by atoms with E-state index in [1.54, 1.807) is 6.07 Å². The fraction of sp³-hybridized carbons (Fsp3) is 0.316. The Morgan fingerprint density at radius 1 is 1.28 bits per heavy atom. The van der Waals surface area contributed by atoms with Crippen LogP contribution in [0.25, 0.3) is 10.9 Å². The van der Waals surface area contributed by atoms with Crippen LogP contribution in [0.5, 0.6) is 0 Å². The molecule has 0 radical (unpaired) electrons. The number of para-hydroxylation sites is 1. The predicted octanol–water partition coefficient (Wildman–Crippen LogP) is 3.14. The molecule has 0 bridgehead atoms. The van der Waals surface area contributed by atoms with Gasteiger partial charge in [-0.1, -0.05) is 25.1 Å². The molecule has 0 fully saturated rings. The molecule has 1 atom stereocenters. The largest absolute Gasteiger partial charge is 0.368 e. The van der Waals surface area contributed by atoms with E-state index < -0.39 is 0 Å². The predicted molar refractivity (Wildman–Crippen MR) is 99.7 cm³/mol. The minimum Gasteiger partial charge on any atom is -0.368 e. The lowest BCUT2D eigenvalue weighted by Crippen LogP contribution is -2.27. The van der Waals surface area contributed by atoms with Crippen molar-refractivity contribution < 1.29 is 4.79 Å². The van der Waals surface area contributed by atoms with E-state index in [2.05, 4.69) is 45.5 Å². The van der Waals surface area contributed by atoms with Crippen molar-refractivity contribution in [3.8, 4) is 0 Å². The van der Waals surface area contributed by atoms with Crippen LogP contribution in [0.15, 0.2) is 42.9 Å². The van der Waals surface area contributed by atoms with E-state index in [0.29, 0.717) is 24.1 Å². The number of benzene rings is 1. The molecule has 3 N–H and O–H groups in total. The van der Waals surface area contributed by atoms with E-state index in [4.69, 9.17) is 0 Å². The van der Waals surface area contributed by atoms with Gasteiger partial charge in [-0.3, -0.25) is 4.79 Å². The third kappa shape index (κ3) is 4.15. The highest BCUT2D eigenvalue weighted by molar-refractivity contribution is 5.92. The number of carbonyl (C=O) groups is 1. The maximum atomic E-state index is 12.3. The van der Waals surface area contributed by atoms with Gasteiger partial charge in [0.1, 0.15) is 17.8 Å². The van der Waals surface area contributed by atoms with Crippen LogP contribution in [0, 0.1) is 0 Å². The molecule has 25 heavy (non-hydrogen) atoms. The standard InChI is InChI=1S/C19H23N5O/c1-3-13(2)24-18-10-17(22-12-23-18)19(25)20-9-8-14-11-21-16-7-5-4-6-15(14)16/h4-7,10-13,21H,3,8-9H2,1-2H3,(H,20,25)(H,22,23,24). The molecule has 3 rings (SSSR count). The lowest BCUT2D eigenvalue weighted by Gasteiger charge is -2.12. The smallest absolute Gasteiger partial charge is 0.270 e. The van der Waals surface area contributed by atoms with Crippen LogP contribution >= 0.6 is 0 Å². The molecule has 0 aliphatic rings. The van der Waals surface area contributed by atoms with Crippen LogP contribution in [-0.2, 0) is 6.42 Å². The first-order valence-corrected chi connectivity index (χ1v) is 8.59. The first-order valence-electron chi connectivity index (χ1n) is 8.59. The highest BCUT2D eigenvalue weighted by Gasteiger charge is 2.10. The number of nitrogens with one attached hydrogen (secondary N) is 3. The third-order valence-corrected chi connectivity index (χ3v) is 4.26. The van der Waals surface area contributed by atoms with Crippen LogP contribution in [0.2, 0.25) is 0 Å². The molecule has 0 aliphatic heterocycles. The number of carbonyl (C=O) groups excluding carboxylic acids is 1. The summed E-state index contributed by atoms with van der Waals surface area (Å²) in [6.45, 7) is 4.72. The Balaban J connectivity index is 1.58. The molecule has 1 amide bonds. The summed E-state index contributed by atoms with van der Waals surface area (Å²) in [5, 5.41) is 7.37. The normalized spacial score (nSPS) is 12.1. The molecule has 2 heterocycles. The van der Waals surface area contributed by atoms with Crippen molar-refractivity contribution in [1.82, 2.24) is 20.3 Å². The van der Waals surface area contributed by atoms with Crippen molar-refractivity contribution in [2.75, 3.05) is 11.9 Å². The van der Waals surface area contributed by atoms with Gasteiger partial charge in [-0.25, -0.2) is 9.97 Å². The summed E-state index contributed by atoms with van der Waals surface area (Å²) in [4.78, 5) is 23.8. The summed E-state index contributed by atoms with van der Waals surface area (Å²) in [5.41, 5.74) is 2.68. The van der Waals surface area contributed by atoms with Crippen molar-refractivity contribution in [3.05, 3.63) is 54.1 Å². The summed E-state index contributed by atoms with van der Waals surface area (Å²) in [5.74, 6) is 0.487. The zero-order valence-electron chi connectivity index (χ0n) is 14.5. The van der Waals surface area contributed by atoms with E-state index in [0.717, 1.165) is 18.4 Å². The minimum absolute atomic E-state index is 0.186. The molecule has 130 valence electrons. The van der Waals surface area contributed by atoms with Gasteiger partial charge in [0, 0.05) is 35.8 Å². The molecule has 3 aromatic rings. The van der Waals surface area contributed by atoms with Crippen molar-refractivity contribution in [1.29, 1.82) is 0 Å². The van der Waals surface area contributed by atoms with E-state index >= 15 is 0 Å². The zero-order valence-corrected chi connectivity index (χ0v) is 14.5. The quantitative estimate of drug-likeness (QED) is 0.618. The highest BCUT2D eigenvalue weighted by Crippen LogP contribution is 2.17. The number of nitrogens with zero attached hydrogens (tertiary/aromatic N) is 2. The molecule has 6 heteroatoms. The van der Waals surface area contributed by atoms with E-state index in [1.165, 1.54) is 17.3 Å². The second kappa shape index (κ2) is 7.79. The lowest BCUT2D eigenvalue weighted by atomic mass is 10.1. The van der Waals surface area contributed by atoms with E-state index in [9.17, 15) is 4.79 Å². The number of amides is 1. The molecule has 0 spiro atoms. The Morgan fingerprint density at radius 3 is 2.96 bits per heavy atom. The molecule has 0 aliphatic carbocycles. The summed E-state index contributed by atoms with van der Waals surface area (Å²) in [6, 6.07) is 10.1. The molecule has 1 unspecified atom stereocenters. The van der Waals surface area contributed by atoms with Gasteiger partial charge in [0.2, 0.25) is 0 Å². The van der Waals surface area contributed by atoms with Crippen LogP contribution in [0.1, 0.15) is 36.3 Å². The topological polar surface area (TPSA) is 82.7 Å². The second-order valence-corrected chi connectivity index (χ2v) is 6.11. The highest BCUT2D eigenvalue weighted by atomic mass is 16.1. The van der Waals surface area contributed by atoms with Gasteiger partial charge in [-0.05, 0) is 31.4 Å². The average molecular weight is 337 g/mol. The first kappa shape index (κ1) is 17.0. The Labute approximate surface area is 147 Å². The molecular weight excluding hydrogens is 314 g/mol. The van der Waals surface area contributed by atoms with Gasteiger partial charge >= 0.3 is 0 Å². The number of hydrogen-bond acceptors (Lipinski definition) is 4. The average Bonchev–Trinajstić information content (AvgIpc) is 3.05. The van der Waals surface area contributed by atoms with Crippen molar-refractivity contribution in [3.63, 3.8) is 0 Å². The van der Waals surface area contributed by atoms with Gasteiger partial charge in [0.05, 0.1) is 0 Å². The Hall–Kier alpha value is -2.89. The first-order chi connectivity index (χ1) is 12.2. The summed E-state index contributed by atoms with van der Waals surface area (Å²) in [7, 11) is 0.